The molecule has 3 aromatic rings. The van der Waals surface area contributed by atoms with Crippen LogP contribution in [0.25, 0.3) is 0 Å². The Labute approximate surface area is 233 Å². The molecule has 0 radical (unpaired) electrons. The van der Waals surface area contributed by atoms with Crippen LogP contribution in [0.2, 0.25) is 5.02 Å². The zero-order valence-electron chi connectivity index (χ0n) is 19.9. The molecule has 179 valence electrons. The van der Waals surface area contributed by atoms with Crippen LogP contribution in [0, 0.1) is 6.08 Å². The Kier molecular flexibility index (Phi) is 15.4. The first-order chi connectivity index (χ1) is 15.2. The van der Waals surface area contributed by atoms with E-state index in [2.05, 4.69) is 114 Å². The van der Waals surface area contributed by atoms with E-state index in [0.717, 1.165) is 12.0 Å². The van der Waals surface area contributed by atoms with Crippen LogP contribution >= 0.6 is 11.6 Å². The Balaban J connectivity index is 0.000000498. The second kappa shape index (κ2) is 16.1. The van der Waals surface area contributed by atoms with Crippen molar-refractivity contribution in [1.82, 2.24) is 0 Å². The van der Waals surface area contributed by atoms with Gasteiger partial charge in [0.15, 0.2) is 0 Å². The van der Waals surface area contributed by atoms with Crippen molar-refractivity contribution in [2.24, 2.45) is 0 Å². The van der Waals surface area contributed by atoms with Crippen LogP contribution < -0.4 is 24.8 Å². The molecule has 1 nitrogen and oxygen atoms in total. The standard InChI is InChI=1S/C13H10.C10H13ClO.C6H7.2ClH.Ti/c1-3-7-12(8-4-1)11-13-9-5-2-6-10-13;1-10(2,3)7-4-8(11)6-9(12)5-7;1-6-4-2-3-5-6;;;/h1-10H;4-6,12H,1-3H3;2,4H,3H2,1H3;2*1H;/q;;-1;;;+1/p-2. The molecule has 4 rings (SSSR count). The maximum absolute atomic E-state index is 9.27. The molecule has 0 heterocycles. The molecule has 3 aromatic carbocycles. The van der Waals surface area contributed by atoms with Crippen LogP contribution in [0.3, 0.4) is 0 Å². The third-order valence-electron chi connectivity index (χ3n) is 4.74. The normalized spacial score (nSPS) is 11.4. The van der Waals surface area contributed by atoms with Gasteiger partial charge in [-0.25, -0.2) is 11.6 Å². The van der Waals surface area contributed by atoms with E-state index in [4.69, 9.17) is 11.6 Å². The van der Waals surface area contributed by atoms with Crippen molar-refractivity contribution >= 4 is 15.4 Å². The van der Waals surface area contributed by atoms with Gasteiger partial charge < -0.3 is 29.9 Å². The van der Waals surface area contributed by atoms with E-state index in [1.54, 1.807) is 6.07 Å². The van der Waals surface area contributed by atoms with E-state index < -0.39 is 0 Å². The fraction of sp³-hybridized carbons (Fsp3) is 0.207. The Bertz CT molecular complexity index is 1010. The van der Waals surface area contributed by atoms with E-state index in [1.165, 1.54) is 26.6 Å². The number of allylic oxidation sites excluding steroid dienone is 4. The Morgan fingerprint density at radius 3 is 1.71 bits per heavy atom. The first-order valence-electron chi connectivity index (χ1n) is 10.6. The fourth-order valence-electron chi connectivity index (χ4n) is 2.90. The summed E-state index contributed by atoms with van der Waals surface area (Å²) < 4.78 is 1.33. The van der Waals surface area contributed by atoms with E-state index in [1.807, 2.05) is 18.2 Å². The Morgan fingerprint density at radius 2 is 1.38 bits per heavy atom. The van der Waals surface area contributed by atoms with Gasteiger partial charge in [-0.2, -0.15) is 6.08 Å². The summed E-state index contributed by atoms with van der Waals surface area (Å²) in [6.45, 7) is 8.30. The molecular formula is C29H30Cl3OTi-2. The van der Waals surface area contributed by atoms with Gasteiger partial charge in [-0.15, -0.1) is 6.42 Å². The molecule has 0 aromatic heterocycles. The van der Waals surface area contributed by atoms with E-state index in [0.29, 0.717) is 5.02 Å². The van der Waals surface area contributed by atoms with Gasteiger partial charge in [0, 0.05) is 5.02 Å². The molecule has 0 aliphatic heterocycles. The van der Waals surface area contributed by atoms with E-state index >= 15 is 0 Å². The topological polar surface area (TPSA) is 20.2 Å². The maximum atomic E-state index is 9.27. The summed E-state index contributed by atoms with van der Waals surface area (Å²) in [6.07, 6.45) is 8.33. The summed E-state index contributed by atoms with van der Waals surface area (Å²) in [7, 11) is 0. The van der Waals surface area contributed by atoms with Gasteiger partial charge in [-0.05, 0) is 29.2 Å². The quantitative estimate of drug-likeness (QED) is 0.383. The number of rotatable bonds is 2. The number of phenolic OH excluding ortho intramolecular Hbond substituents is 1. The SMILES string of the molecule is CC(C)(C)c1cc(O)cc(Cl)c1.CC1=[C-]CC=C1.[Cl-].[Cl-].[Ti+]=[C](c1ccccc1)c1ccccc1. The van der Waals surface area contributed by atoms with Crippen molar-refractivity contribution in [3.63, 3.8) is 0 Å². The summed E-state index contributed by atoms with van der Waals surface area (Å²) in [5.41, 5.74) is 4.93. The minimum atomic E-state index is 0. The van der Waals surface area contributed by atoms with Gasteiger partial charge in [0.2, 0.25) is 0 Å². The monoisotopic (exact) mass is 547 g/mol. The van der Waals surface area contributed by atoms with Crippen LogP contribution in [0.1, 0.15) is 50.8 Å². The van der Waals surface area contributed by atoms with Crippen molar-refractivity contribution in [1.29, 1.82) is 0 Å². The molecule has 0 atom stereocenters. The predicted octanol–water partition coefficient (Wildman–Crippen LogP) is 1.85. The number of hydrogen-bond donors (Lipinski definition) is 1. The van der Waals surface area contributed by atoms with Crippen molar-refractivity contribution < 1.29 is 49.9 Å². The molecule has 1 aliphatic carbocycles. The van der Waals surface area contributed by atoms with Gasteiger partial charge in [-0.1, -0.05) is 39.3 Å². The molecule has 1 N–H and O–H groups in total. The zero-order valence-corrected chi connectivity index (χ0v) is 23.8. The van der Waals surface area contributed by atoms with Crippen LogP contribution in [0.4, 0.5) is 0 Å². The third kappa shape index (κ3) is 11.7. The summed E-state index contributed by atoms with van der Waals surface area (Å²) in [5, 5.41) is 9.86. The fourth-order valence-corrected chi connectivity index (χ4v) is 3.65. The van der Waals surface area contributed by atoms with E-state index in [-0.39, 0.29) is 36.0 Å². The average Bonchev–Trinajstić information content (AvgIpc) is 3.25. The van der Waals surface area contributed by atoms with Crippen molar-refractivity contribution in [3.05, 3.63) is 124 Å². The predicted molar refractivity (Wildman–Crippen MR) is 134 cm³/mol. The molecule has 0 spiro atoms. The number of benzene rings is 3. The molecule has 0 amide bonds. The van der Waals surface area contributed by atoms with Crippen LogP contribution in [-0.2, 0) is 25.4 Å². The number of halogens is 3. The summed E-state index contributed by atoms with van der Waals surface area (Å²) in [6, 6.07) is 26.1. The second-order valence-electron chi connectivity index (χ2n) is 8.52. The Morgan fingerprint density at radius 1 is 0.882 bits per heavy atom. The molecule has 0 saturated heterocycles. The molecule has 0 bridgehead atoms. The molecular weight excluding hydrogens is 519 g/mol. The number of hydrogen-bond acceptors (Lipinski definition) is 1. The van der Waals surface area contributed by atoms with Crippen molar-refractivity contribution in [3.8, 4) is 5.75 Å². The number of phenols is 1. The molecule has 0 saturated carbocycles. The van der Waals surface area contributed by atoms with E-state index in [9.17, 15) is 5.11 Å². The molecule has 5 heteroatoms. The van der Waals surface area contributed by atoms with Crippen molar-refractivity contribution in [2.45, 2.75) is 39.5 Å². The minimum absolute atomic E-state index is 0. The molecule has 0 unspecified atom stereocenters. The third-order valence-corrected chi connectivity index (χ3v) is 5.86. The van der Waals surface area contributed by atoms with Gasteiger partial charge in [0.05, 0.1) is 0 Å². The van der Waals surface area contributed by atoms with Gasteiger partial charge in [-0.3, -0.25) is 6.08 Å². The summed E-state index contributed by atoms with van der Waals surface area (Å²) >= 11 is 7.95. The van der Waals surface area contributed by atoms with Crippen LogP contribution in [0.5, 0.6) is 5.75 Å². The first kappa shape index (κ1) is 32.4. The average molecular weight is 549 g/mol. The molecule has 0 fully saturated rings. The summed E-state index contributed by atoms with van der Waals surface area (Å²) in [4.78, 5) is 0. The van der Waals surface area contributed by atoms with Crippen LogP contribution in [-0.4, -0.2) is 8.92 Å². The van der Waals surface area contributed by atoms with Crippen molar-refractivity contribution in [2.75, 3.05) is 0 Å². The Hall–Kier alpha value is -1.61. The first-order valence-corrected chi connectivity index (χ1v) is 11.8. The summed E-state index contributed by atoms with van der Waals surface area (Å²) in [5.74, 6) is 0.229. The molecule has 1 aliphatic rings. The second-order valence-corrected chi connectivity index (χ2v) is 9.74. The van der Waals surface area contributed by atoms with Gasteiger partial charge in [0.25, 0.3) is 0 Å². The number of aromatic hydroxyl groups is 1. The van der Waals surface area contributed by atoms with Gasteiger partial charge in [0.1, 0.15) is 5.75 Å². The molecule has 34 heavy (non-hydrogen) atoms. The van der Waals surface area contributed by atoms with Crippen LogP contribution in [0.15, 0.2) is 96.6 Å². The zero-order chi connectivity index (χ0) is 23.6. The van der Waals surface area contributed by atoms with Gasteiger partial charge >= 0.3 is 95.6 Å².